The fraction of sp³-hybridized carbons (Fsp3) is 0.175. The standard InChI is InChI=1S/C40H35N3O10/c1-24(44)20-42(21-35(45)46)32-16-13-28(19-34(32)53-18-17-52-33-8-3-2-7-31(33)43(22-36(47)48)23-37(49)50)41-40(51)30-15-12-27-10-9-25-5-4-6-26-11-14-29(30)39(27)38(25)26/h2-16,19H,17-18,20-23H2,1H3,(H,41,51)(H,45,46)(H,47,48)(H,49,50). The van der Waals surface area contributed by atoms with Crippen LogP contribution in [0.4, 0.5) is 17.1 Å². The van der Waals surface area contributed by atoms with Gasteiger partial charge in [-0.3, -0.25) is 24.0 Å². The van der Waals surface area contributed by atoms with Crippen LogP contribution in [0.5, 0.6) is 11.5 Å². The van der Waals surface area contributed by atoms with Gasteiger partial charge in [-0.05, 0) is 69.6 Å². The Bertz CT molecular complexity index is 2310. The van der Waals surface area contributed by atoms with Crippen molar-refractivity contribution >= 4 is 79.0 Å². The first-order chi connectivity index (χ1) is 25.5. The van der Waals surface area contributed by atoms with Crippen LogP contribution in [0.25, 0.3) is 32.3 Å². The number of nitrogens with zero attached hydrogens (tertiary/aromatic N) is 2. The third-order valence-electron chi connectivity index (χ3n) is 8.53. The van der Waals surface area contributed by atoms with Crippen LogP contribution in [0.1, 0.15) is 17.3 Å². The zero-order valence-corrected chi connectivity index (χ0v) is 28.6. The summed E-state index contributed by atoms with van der Waals surface area (Å²) in [5.41, 5.74) is 1.35. The summed E-state index contributed by atoms with van der Waals surface area (Å²) in [4.78, 5) is 63.1. The maximum atomic E-state index is 13.8. The molecule has 4 N–H and O–H groups in total. The summed E-state index contributed by atoms with van der Waals surface area (Å²) in [6.07, 6.45) is 0. The molecule has 0 aliphatic carbocycles. The molecule has 0 radical (unpaired) electrons. The third-order valence-corrected chi connectivity index (χ3v) is 8.53. The van der Waals surface area contributed by atoms with E-state index >= 15 is 0 Å². The molecule has 0 saturated heterocycles. The number of Topliss-reactive ketones (excluding diaryl/α,β-unsaturated/α-hetero) is 1. The van der Waals surface area contributed by atoms with Crippen molar-refractivity contribution in [1.29, 1.82) is 0 Å². The Morgan fingerprint density at radius 2 is 1.13 bits per heavy atom. The summed E-state index contributed by atoms with van der Waals surface area (Å²) in [5, 5.41) is 37.2. The second kappa shape index (κ2) is 15.6. The molecule has 13 heteroatoms. The predicted octanol–water partition coefficient (Wildman–Crippen LogP) is 5.75. The molecule has 6 aromatic rings. The molecule has 0 atom stereocenters. The Balaban J connectivity index is 1.26. The maximum absolute atomic E-state index is 13.8. The first-order valence-electron chi connectivity index (χ1n) is 16.6. The van der Waals surface area contributed by atoms with Gasteiger partial charge in [0, 0.05) is 17.3 Å². The lowest BCUT2D eigenvalue weighted by Gasteiger charge is -2.25. The summed E-state index contributed by atoms with van der Waals surface area (Å²) >= 11 is 0. The van der Waals surface area contributed by atoms with Gasteiger partial charge in [0.05, 0.1) is 17.9 Å². The number of hydrogen-bond donors (Lipinski definition) is 4. The van der Waals surface area contributed by atoms with Crippen molar-refractivity contribution in [3.8, 4) is 11.5 Å². The summed E-state index contributed by atoms with van der Waals surface area (Å²) in [6.45, 7) is -0.725. The van der Waals surface area contributed by atoms with Gasteiger partial charge in [0.25, 0.3) is 5.91 Å². The Kier molecular flexibility index (Phi) is 10.5. The average molecular weight is 718 g/mol. The van der Waals surface area contributed by atoms with E-state index in [9.17, 15) is 39.3 Å². The molecule has 13 nitrogen and oxygen atoms in total. The second-order valence-corrected chi connectivity index (χ2v) is 12.4. The van der Waals surface area contributed by atoms with Gasteiger partial charge in [-0.15, -0.1) is 0 Å². The van der Waals surface area contributed by atoms with Crippen molar-refractivity contribution in [3.63, 3.8) is 0 Å². The highest BCUT2D eigenvalue weighted by Gasteiger charge is 2.21. The molecule has 0 fully saturated rings. The number of carbonyl (C=O) groups is 5. The molecule has 6 rings (SSSR count). The fourth-order valence-electron chi connectivity index (χ4n) is 6.46. The summed E-state index contributed by atoms with van der Waals surface area (Å²) in [6, 6.07) is 28.8. The molecule has 6 aromatic carbocycles. The number of ketones is 1. The normalized spacial score (nSPS) is 11.0. The topological polar surface area (TPSA) is 183 Å². The van der Waals surface area contributed by atoms with E-state index < -0.39 is 37.5 Å². The molecular weight excluding hydrogens is 682 g/mol. The first-order valence-corrected chi connectivity index (χ1v) is 16.6. The van der Waals surface area contributed by atoms with Crippen LogP contribution in [-0.4, -0.2) is 84.3 Å². The number of nitrogens with one attached hydrogen (secondary N) is 1. The number of para-hydroxylation sites is 2. The lowest BCUT2D eigenvalue weighted by molar-refractivity contribution is -0.137. The van der Waals surface area contributed by atoms with Crippen molar-refractivity contribution < 1.29 is 48.8 Å². The Labute approximate surface area is 302 Å². The van der Waals surface area contributed by atoms with Gasteiger partial charge in [-0.25, -0.2) is 0 Å². The zero-order valence-electron chi connectivity index (χ0n) is 28.6. The number of amides is 1. The molecule has 0 unspecified atom stereocenters. The Hall–Kier alpha value is -6.89. The van der Waals surface area contributed by atoms with Gasteiger partial charge >= 0.3 is 17.9 Å². The molecule has 0 spiro atoms. The van der Waals surface area contributed by atoms with Gasteiger partial charge in [0.15, 0.2) is 0 Å². The van der Waals surface area contributed by atoms with Crippen molar-refractivity contribution in [2.75, 3.05) is 54.5 Å². The van der Waals surface area contributed by atoms with Gasteiger partial charge < -0.3 is 39.9 Å². The van der Waals surface area contributed by atoms with Crippen LogP contribution in [0.3, 0.4) is 0 Å². The molecule has 0 saturated carbocycles. The number of aliphatic carboxylic acids is 3. The highest BCUT2D eigenvalue weighted by atomic mass is 16.5. The van der Waals surface area contributed by atoms with E-state index in [1.165, 1.54) is 17.9 Å². The SMILES string of the molecule is CC(=O)CN(CC(=O)O)c1ccc(NC(=O)c2ccc3ccc4cccc5ccc2c3c45)cc1OCCOc1ccccc1N(CC(=O)O)CC(=O)O. The van der Waals surface area contributed by atoms with E-state index in [0.29, 0.717) is 11.3 Å². The lowest BCUT2D eigenvalue weighted by Crippen LogP contribution is -2.34. The largest absolute Gasteiger partial charge is 0.488 e. The van der Waals surface area contributed by atoms with Gasteiger partial charge in [0.1, 0.15) is 50.1 Å². The fourth-order valence-corrected chi connectivity index (χ4v) is 6.46. The Morgan fingerprint density at radius 1 is 0.585 bits per heavy atom. The van der Waals surface area contributed by atoms with E-state index in [4.69, 9.17) is 9.47 Å². The van der Waals surface area contributed by atoms with E-state index in [0.717, 1.165) is 37.2 Å². The zero-order chi connectivity index (χ0) is 37.6. The van der Waals surface area contributed by atoms with Gasteiger partial charge in [0.2, 0.25) is 0 Å². The number of carboxylic acids is 3. The number of anilines is 3. The van der Waals surface area contributed by atoms with Crippen molar-refractivity contribution in [2.45, 2.75) is 6.92 Å². The highest BCUT2D eigenvalue weighted by Crippen LogP contribution is 2.37. The molecular formula is C40H35N3O10. The summed E-state index contributed by atoms with van der Waals surface area (Å²) in [7, 11) is 0. The number of carboxylic acid groups (broad SMARTS) is 3. The smallest absolute Gasteiger partial charge is 0.323 e. The van der Waals surface area contributed by atoms with Gasteiger partial charge in [-0.1, -0.05) is 60.7 Å². The Morgan fingerprint density at radius 3 is 1.77 bits per heavy atom. The first kappa shape index (κ1) is 35.9. The number of benzene rings is 6. The summed E-state index contributed by atoms with van der Waals surface area (Å²) in [5.74, 6) is -3.89. The summed E-state index contributed by atoms with van der Waals surface area (Å²) < 4.78 is 12.0. The van der Waals surface area contributed by atoms with E-state index in [1.54, 1.807) is 42.5 Å². The number of ether oxygens (including phenoxy) is 2. The monoisotopic (exact) mass is 717 g/mol. The van der Waals surface area contributed by atoms with E-state index in [2.05, 4.69) is 11.4 Å². The van der Waals surface area contributed by atoms with Crippen molar-refractivity contribution in [2.24, 2.45) is 0 Å². The van der Waals surface area contributed by atoms with Crippen molar-refractivity contribution in [1.82, 2.24) is 0 Å². The minimum absolute atomic E-state index is 0.0879. The third kappa shape index (κ3) is 8.20. The van der Waals surface area contributed by atoms with Crippen LogP contribution in [0.2, 0.25) is 0 Å². The lowest BCUT2D eigenvalue weighted by atomic mass is 9.92. The molecule has 53 heavy (non-hydrogen) atoms. The molecule has 0 heterocycles. The van der Waals surface area contributed by atoms with E-state index in [-0.39, 0.29) is 54.3 Å². The molecule has 1 amide bonds. The second-order valence-electron chi connectivity index (χ2n) is 12.4. The van der Waals surface area contributed by atoms with Crippen LogP contribution >= 0.6 is 0 Å². The maximum Gasteiger partial charge on any atom is 0.323 e. The molecule has 0 bridgehead atoms. The molecule has 0 aliphatic heterocycles. The van der Waals surface area contributed by atoms with Gasteiger partial charge in [-0.2, -0.15) is 0 Å². The van der Waals surface area contributed by atoms with E-state index in [1.807, 2.05) is 42.5 Å². The quantitative estimate of drug-likeness (QED) is 0.0663. The number of carbonyl (C=O) groups excluding carboxylic acids is 2. The minimum atomic E-state index is -1.22. The minimum Gasteiger partial charge on any atom is -0.488 e. The van der Waals surface area contributed by atoms with Crippen LogP contribution < -0.4 is 24.6 Å². The van der Waals surface area contributed by atoms with Crippen LogP contribution in [-0.2, 0) is 19.2 Å². The van der Waals surface area contributed by atoms with Crippen LogP contribution in [0.15, 0.2) is 97.1 Å². The average Bonchev–Trinajstić information content (AvgIpc) is 3.11. The number of rotatable bonds is 17. The van der Waals surface area contributed by atoms with Crippen molar-refractivity contribution in [3.05, 3.63) is 103 Å². The molecule has 0 aromatic heterocycles. The predicted molar refractivity (Wildman–Crippen MR) is 200 cm³/mol. The number of hydrogen-bond acceptors (Lipinski definition) is 9. The molecule has 270 valence electrons. The van der Waals surface area contributed by atoms with Crippen LogP contribution in [0, 0.1) is 0 Å². The molecule has 0 aliphatic rings. The highest BCUT2D eigenvalue weighted by molar-refractivity contribution is 6.27.